The molecule has 3 nitrogen and oxygen atoms in total. The van der Waals surface area contributed by atoms with Gasteiger partial charge in [0, 0.05) is 18.0 Å². The van der Waals surface area contributed by atoms with Gasteiger partial charge in [0.2, 0.25) is 0 Å². The topological polar surface area (TPSA) is 37.0 Å². The number of nitrogens with zero attached hydrogens (tertiary/aromatic N) is 1. The number of hydrogen-bond donors (Lipinski definition) is 2. The van der Waals surface area contributed by atoms with Crippen LogP contribution < -0.4 is 10.6 Å². The van der Waals surface area contributed by atoms with Gasteiger partial charge in [0.15, 0.2) is 0 Å². The van der Waals surface area contributed by atoms with Crippen LogP contribution in [0.5, 0.6) is 0 Å². The van der Waals surface area contributed by atoms with Crippen LogP contribution in [0, 0.1) is 0 Å². The van der Waals surface area contributed by atoms with Gasteiger partial charge in [-0.3, -0.25) is 0 Å². The predicted octanol–water partition coefficient (Wildman–Crippen LogP) is 2.46. The van der Waals surface area contributed by atoms with Crippen molar-refractivity contribution in [3.63, 3.8) is 0 Å². The van der Waals surface area contributed by atoms with E-state index in [1.54, 1.807) is 11.5 Å². The van der Waals surface area contributed by atoms with Crippen molar-refractivity contribution >= 4 is 27.4 Å². The van der Waals surface area contributed by atoms with Crippen molar-refractivity contribution in [2.45, 2.75) is 18.9 Å². The lowest BCUT2D eigenvalue weighted by molar-refractivity contribution is 0.480. The minimum Gasteiger partial charge on any atom is -0.371 e. The van der Waals surface area contributed by atoms with E-state index in [0.717, 1.165) is 18.6 Å². The Labute approximate surface area is 99.0 Å². The average Bonchev–Trinajstić information content (AvgIpc) is 2.74. The molecule has 0 aliphatic carbocycles. The number of hydrogen-bond acceptors (Lipinski definition) is 4. The van der Waals surface area contributed by atoms with Crippen LogP contribution in [-0.4, -0.2) is 23.5 Å². The van der Waals surface area contributed by atoms with E-state index in [-0.39, 0.29) is 0 Å². The molecule has 1 aromatic carbocycles. The minimum atomic E-state index is 0.553. The van der Waals surface area contributed by atoms with Crippen LogP contribution in [0.25, 0.3) is 10.9 Å². The molecule has 0 bridgehead atoms. The maximum atomic E-state index is 4.44. The van der Waals surface area contributed by atoms with Crippen LogP contribution in [0.4, 0.5) is 5.00 Å². The van der Waals surface area contributed by atoms with E-state index in [1.165, 1.54) is 23.2 Å². The summed E-state index contributed by atoms with van der Waals surface area (Å²) < 4.78 is 4.44. The molecule has 2 aromatic rings. The second-order valence-corrected chi connectivity index (χ2v) is 4.99. The molecule has 0 amide bonds. The Kier molecular flexibility index (Phi) is 2.76. The Bertz CT molecular complexity index is 474. The van der Waals surface area contributed by atoms with Gasteiger partial charge in [-0.05, 0) is 43.1 Å². The summed E-state index contributed by atoms with van der Waals surface area (Å²) in [4.78, 5) is 0. The minimum absolute atomic E-state index is 0.553. The van der Waals surface area contributed by atoms with Gasteiger partial charge >= 0.3 is 0 Å². The fourth-order valence-electron chi connectivity index (χ4n) is 2.15. The fourth-order valence-corrected chi connectivity index (χ4v) is 2.99. The van der Waals surface area contributed by atoms with Crippen molar-refractivity contribution in [1.82, 2.24) is 9.69 Å². The van der Waals surface area contributed by atoms with E-state index in [2.05, 4.69) is 33.2 Å². The summed E-state index contributed by atoms with van der Waals surface area (Å²) in [5, 5.41) is 9.47. The zero-order chi connectivity index (χ0) is 10.8. The molecular weight excluding hydrogens is 218 g/mol. The monoisotopic (exact) mass is 233 g/mol. The quantitative estimate of drug-likeness (QED) is 0.836. The second-order valence-electron chi connectivity index (χ2n) is 4.22. The highest BCUT2D eigenvalue weighted by Crippen LogP contribution is 2.28. The molecule has 0 saturated carbocycles. The number of piperidine rings is 1. The fraction of sp³-hybridized carbons (Fsp3) is 0.417. The largest absolute Gasteiger partial charge is 0.371 e. The lowest BCUT2D eigenvalue weighted by atomic mass is 10.1. The molecule has 1 unspecified atom stereocenters. The van der Waals surface area contributed by atoms with Gasteiger partial charge < -0.3 is 10.6 Å². The van der Waals surface area contributed by atoms with Crippen LogP contribution in [0.15, 0.2) is 24.3 Å². The Morgan fingerprint density at radius 3 is 3.19 bits per heavy atom. The lowest BCUT2D eigenvalue weighted by Crippen LogP contribution is -2.38. The smallest absolute Gasteiger partial charge is 0.117 e. The van der Waals surface area contributed by atoms with E-state index in [9.17, 15) is 0 Å². The Balaban J connectivity index is 1.83. The van der Waals surface area contributed by atoms with E-state index in [0.29, 0.717) is 6.04 Å². The summed E-state index contributed by atoms with van der Waals surface area (Å²) in [5.74, 6) is 0. The van der Waals surface area contributed by atoms with Gasteiger partial charge in [-0.25, -0.2) is 0 Å². The highest BCUT2D eigenvalue weighted by Gasteiger charge is 2.14. The zero-order valence-electron chi connectivity index (χ0n) is 9.07. The van der Waals surface area contributed by atoms with Crippen molar-refractivity contribution in [1.29, 1.82) is 0 Å². The summed E-state index contributed by atoms with van der Waals surface area (Å²) in [6, 6.07) is 8.86. The van der Waals surface area contributed by atoms with Crippen molar-refractivity contribution in [2.75, 3.05) is 18.4 Å². The van der Waals surface area contributed by atoms with Crippen molar-refractivity contribution in [3.8, 4) is 0 Å². The number of rotatable bonds is 2. The Morgan fingerprint density at radius 1 is 1.38 bits per heavy atom. The molecule has 1 aliphatic heterocycles. The average molecular weight is 233 g/mol. The standard InChI is InChI=1S/C12H15N3S/c1-2-6-11-10(5-1)12(16-15-11)14-9-4-3-7-13-8-9/h1-2,5-6,9,13-14H,3-4,7-8H2. The zero-order valence-corrected chi connectivity index (χ0v) is 9.89. The van der Waals surface area contributed by atoms with Gasteiger partial charge in [0.25, 0.3) is 0 Å². The molecule has 16 heavy (non-hydrogen) atoms. The van der Waals surface area contributed by atoms with Gasteiger partial charge in [-0.15, -0.1) is 0 Å². The summed E-state index contributed by atoms with van der Waals surface area (Å²) in [7, 11) is 0. The Hall–Kier alpha value is -1.13. The van der Waals surface area contributed by atoms with E-state index in [4.69, 9.17) is 0 Å². The van der Waals surface area contributed by atoms with Crippen LogP contribution >= 0.6 is 11.5 Å². The number of anilines is 1. The van der Waals surface area contributed by atoms with Crippen molar-refractivity contribution in [3.05, 3.63) is 24.3 Å². The summed E-state index contributed by atoms with van der Waals surface area (Å²) in [6.07, 6.45) is 2.51. The third-order valence-electron chi connectivity index (χ3n) is 3.02. The molecular formula is C12H15N3S. The van der Waals surface area contributed by atoms with E-state index in [1.807, 2.05) is 6.07 Å². The van der Waals surface area contributed by atoms with Crippen molar-refractivity contribution in [2.24, 2.45) is 0 Å². The summed E-state index contributed by atoms with van der Waals surface area (Å²) >= 11 is 1.57. The first-order valence-electron chi connectivity index (χ1n) is 5.75. The van der Waals surface area contributed by atoms with Crippen LogP contribution in [-0.2, 0) is 0 Å². The number of nitrogens with one attached hydrogen (secondary N) is 2. The first-order valence-corrected chi connectivity index (χ1v) is 6.52. The van der Waals surface area contributed by atoms with Crippen LogP contribution in [0.3, 0.4) is 0 Å². The molecule has 84 valence electrons. The molecule has 1 atom stereocenters. The van der Waals surface area contributed by atoms with E-state index >= 15 is 0 Å². The van der Waals surface area contributed by atoms with Crippen LogP contribution in [0.2, 0.25) is 0 Å². The SMILES string of the molecule is c1ccc2c(NC3CCCNC3)snc2c1. The summed E-state index contributed by atoms with van der Waals surface area (Å²) in [5.41, 5.74) is 1.10. The number of fused-ring (bicyclic) bond motifs is 1. The van der Waals surface area contributed by atoms with E-state index < -0.39 is 0 Å². The maximum Gasteiger partial charge on any atom is 0.117 e. The van der Waals surface area contributed by atoms with Gasteiger partial charge in [-0.2, -0.15) is 4.37 Å². The Morgan fingerprint density at radius 2 is 2.31 bits per heavy atom. The first kappa shape index (κ1) is 10.1. The molecule has 1 aromatic heterocycles. The summed E-state index contributed by atoms with van der Waals surface area (Å²) in [6.45, 7) is 2.22. The van der Waals surface area contributed by atoms with Gasteiger partial charge in [0.05, 0.1) is 5.52 Å². The third-order valence-corrected chi connectivity index (χ3v) is 3.82. The molecule has 1 fully saturated rings. The highest BCUT2D eigenvalue weighted by molar-refractivity contribution is 7.11. The van der Waals surface area contributed by atoms with Gasteiger partial charge in [0.1, 0.15) is 5.00 Å². The maximum absolute atomic E-state index is 4.44. The van der Waals surface area contributed by atoms with Crippen LogP contribution in [0.1, 0.15) is 12.8 Å². The molecule has 1 aliphatic rings. The van der Waals surface area contributed by atoms with Gasteiger partial charge in [-0.1, -0.05) is 12.1 Å². The molecule has 2 N–H and O–H groups in total. The first-order chi connectivity index (χ1) is 7.93. The lowest BCUT2D eigenvalue weighted by Gasteiger charge is -2.23. The number of benzene rings is 1. The molecule has 1 saturated heterocycles. The molecule has 0 spiro atoms. The normalized spacial score (nSPS) is 21.1. The number of aromatic nitrogens is 1. The molecule has 4 heteroatoms. The highest BCUT2D eigenvalue weighted by atomic mass is 32.1. The predicted molar refractivity (Wildman–Crippen MR) is 69.1 cm³/mol. The third kappa shape index (κ3) is 1.90. The molecule has 3 rings (SSSR count). The second kappa shape index (κ2) is 4.39. The molecule has 0 radical (unpaired) electrons. The van der Waals surface area contributed by atoms with Crippen molar-refractivity contribution < 1.29 is 0 Å². The molecule has 2 heterocycles.